The van der Waals surface area contributed by atoms with E-state index >= 15 is 0 Å². The molecule has 0 N–H and O–H groups in total. The molecular formula is C26H37F2NO. The molecule has 166 valence electrons. The molecule has 1 aromatic rings. The summed E-state index contributed by atoms with van der Waals surface area (Å²) in [5.74, 6) is 0.307. The predicted octanol–water partition coefficient (Wildman–Crippen LogP) is 7.66. The van der Waals surface area contributed by atoms with Crippen LogP contribution >= 0.6 is 0 Å². The van der Waals surface area contributed by atoms with Gasteiger partial charge in [-0.2, -0.15) is 5.26 Å². The molecule has 0 bridgehead atoms. The van der Waals surface area contributed by atoms with E-state index in [0.29, 0.717) is 11.5 Å². The summed E-state index contributed by atoms with van der Waals surface area (Å²) in [4.78, 5) is 0. The summed E-state index contributed by atoms with van der Waals surface area (Å²) in [6.07, 6.45) is 16.2. The van der Waals surface area contributed by atoms with E-state index in [9.17, 15) is 8.78 Å². The van der Waals surface area contributed by atoms with Crippen LogP contribution in [0.25, 0.3) is 0 Å². The second-order valence-electron chi connectivity index (χ2n) is 9.51. The van der Waals surface area contributed by atoms with Gasteiger partial charge in [-0.05, 0) is 74.0 Å². The van der Waals surface area contributed by atoms with Crippen LogP contribution in [0.3, 0.4) is 0 Å². The maximum Gasteiger partial charge on any atom is 0.144 e. The molecule has 0 aromatic heterocycles. The molecule has 2 aliphatic carbocycles. The maximum atomic E-state index is 13.9. The van der Waals surface area contributed by atoms with Crippen molar-refractivity contribution in [2.24, 2.45) is 11.8 Å². The van der Waals surface area contributed by atoms with Gasteiger partial charge in [-0.1, -0.05) is 51.9 Å². The molecule has 2 fully saturated rings. The van der Waals surface area contributed by atoms with E-state index in [1.165, 1.54) is 69.9 Å². The van der Waals surface area contributed by atoms with E-state index in [1.807, 2.05) is 0 Å². The zero-order valence-electron chi connectivity index (χ0n) is 18.5. The second kappa shape index (κ2) is 11.8. The Kier molecular flexibility index (Phi) is 9.12. The Morgan fingerprint density at radius 3 is 2.13 bits per heavy atom. The van der Waals surface area contributed by atoms with Crippen molar-refractivity contribution in [3.8, 4) is 6.07 Å². The van der Waals surface area contributed by atoms with Crippen LogP contribution in [-0.2, 0) is 4.74 Å². The average Bonchev–Trinajstić information content (AvgIpc) is 2.76. The van der Waals surface area contributed by atoms with Gasteiger partial charge in [-0.3, -0.25) is 0 Å². The summed E-state index contributed by atoms with van der Waals surface area (Å²) >= 11 is 0. The van der Waals surface area contributed by atoms with Gasteiger partial charge in [0.2, 0.25) is 0 Å². The van der Waals surface area contributed by atoms with Crippen LogP contribution in [0.4, 0.5) is 8.78 Å². The number of hydrogen-bond acceptors (Lipinski definition) is 2. The highest BCUT2D eigenvalue weighted by molar-refractivity contribution is 5.36. The van der Waals surface area contributed by atoms with Crippen molar-refractivity contribution in [2.45, 2.75) is 102 Å². The lowest BCUT2D eigenvalue weighted by atomic mass is 9.80. The van der Waals surface area contributed by atoms with Gasteiger partial charge in [0.1, 0.15) is 23.3 Å². The number of ether oxygens (including phenoxy) is 1. The Bertz CT molecular complexity index is 674. The highest BCUT2D eigenvalue weighted by Gasteiger charge is 2.26. The normalized spacial score (nSPS) is 27.0. The van der Waals surface area contributed by atoms with Gasteiger partial charge < -0.3 is 4.74 Å². The number of rotatable bonds is 9. The molecule has 4 heteroatoms. The fourth-order valence-electron chi connectivity index (χ4n) is 5.32. The third-order valence-corrected chi connectivity index (χ3v) is 7.32. The van der Waals surface area contributed by atoms with Crippen molar-refractivity contribution < 1.29 is 13.5 Å². The summed E-state index contributed by atoms with van der Waals surface area (Å²) in [5.41, 5.74) is 0.200. The van der Waals surface area contributed by atoms with Gasteiger partial charge in [0, 0.05) is 6.61 Å². The van der Waals surface area contributed by atoms with Crippen LogP contribution in [0, 0.1) is 34.8 Å². The van der Waals surface area contributed by atoms with Crippen molar-refractivity contribution in [3.05, 3.63) is 34.9 Å². The number of unbranched alkanes of at least 4 members (excludes halogenated alkanes) is 3. The molecule has 2 aliphatic rings. The minimum Gasteiger partial charge on any atom is -0.378 e. The van der Waals surface area contributed by atoms with Crippen LogP contribution < -0.4 is 0 Å². The van der Waals surface area contributed by atoms with E-state index in [4.69, 9.17) is 10.00 Å². The van der Waals surface area contributed by atoms with E-state index < -0.39 is 17.2 Å². The van der Waals surface area contributed by atoms with Gasteiger partial charge >= 0.3 is 0 Å². The van der Waals surface area contributed by atoms with Crippen LogP contribution in [0.2, 0.25) is 0 Å². The first-order chi connectivity index (χ1) is 14.6. The summed E-state index contributed by atoms with van der Waals surface area (Å²) in [5, 5.41) is 8.83. The zero-order chi connectivity index (χ0) is 21.3. The largest absolute Gasteiger partial charge is 0.378 e. The smallest absolute Gasteiger partial charge is 0.144 e. The van der Waals surface area contributed by atoms with Gasteiger partial charge in [-0.25, -0.2) is 8.78 Å². The predicted molar refractivity (Wildman–Crippen MR) is 116 cm³/mol. The average molecular weight is 418 g/mol. The Labute approximate surface area is 181 Å². The highest BCUT2D eigenvalue weighted by atomic mass is 19.1. The molecule has 0 unspecified atom stereocenters. The summed E-state index contributed by atoms with van der Waals surface area (Å²) in [6, 6.07) is 4.28. The molecule has 0 aliphatic heterocycles. The minimum absolute atomic E-state index is 0.157. The number of hydrogen-bond donors (Lipinski definition) is 0. The van der Waals surface area contributed by atoms with Gasteiger partial charge in [-0.15, -0.1) is 0 Å². The van der Waals surface area contributed by atoms with Gasteiger partial charge in [0.25, 0.3) is 0 Å². The lowest BCUT2D eigenvalue weighted by Gasteiger charge is -2.32. The lowest BCUT2D eigenvalue weighted by Crippen LogP contribution is -2.25. The second-order valence-corrected chi connectivity index (χ2v) is 9.51. The first kappa shape index (κ1) is 23.2. The third kappa shape index (κ3) is 6.51. The quantitative estimate of drug-likeness (QED) is 0.386. The number of benzene rings is 1. The van der Waals surface area contributed by atoms with Crippen molar-refractivity contribution in [2.75, 3.05) is 6.61 Å². The Morgan fingerprint density at radius 2 is 1.53 bits per heavy atom. The molecule has 0 radical (unpaired) electrons. The first-order valence-electron chi connectivity index (χ1n) is 12.1. The Hall–Kier alpha value is -1.47. The number of nitriles is 1. The lowest BCUT2D eigenvalue weighted by molar-refractivity contribution is -0.00486. The molecular weight excluding hydrogens is 380 g/mol. The fraction of sp³-hybridized carbons (Fsp3) is 0.731. The van der Waals surface area contributed by atoms with E-state index in [0.717, 1.165) is 38.2 Å². The third-order valence-electron chi connectivity index (χ3n) is 7.32. The molecule has 0 spiro atoms. The topological polar surface area (TPSA) is 33.0 Å². The monoisotopic (exact) mass is 417 g/mol. The summed E-state index contributed by atoms with van der Waals surface area (Å²) < 4.78 is 34.1. The van der Waals surface area contributed by atoms with Gasteiger partial charge in [0.15, 0.2) is 0 Å². The number of nitrogens with zero attached hydrogens (tertiary/aromatic N) is 1. The van der Waals surface area contributed by atoms with E-state index in [-0.39, 0.29) is 12.0 Å². The maximum absolute atomic E-state index is 13.9. The molecule has 0 amide bonds. The van der Waals surface area contributed by atoms with Crippen LogP contribution in [0.5, 0.6) is 0 Å². The van der Waals surface area contributed by atoms with Crippen LogP contribution in [-0.4, -0.2) is 12.7 Å². The zero-order valence-corrected chi connectivity index (χ0v) is 18.5. The summed E-state index contributed by atoms with van der Waals surface area (Å²) in [7, 11) is 0. The molecule has 0 saturated heterocycles. The van der Waals surface area contributed by atoms with Crippen LogP contribution in [0.15, 0.2) is 12.1 Å². The van der Waals surface area contributed by atoms with Gasteiger partial charge in [0.05, 0.1) is 6.10 Å². The SMILES string of the molecule is CCCCCCC1CCC(COC2CCC(c3cc(F)c(C#N)c(F)c3)CC2)CC1. The molecule has 3 rings (SSSR count). The standard InChI is InChI=1S/C26H37F2NO/c1-2-3-4-5-6-19-7-9-20(10-8-19)18-30-23-13-11-21(12-14-23)22-15-25(27)24(17-29)26(28)16-22/h15-16,19-21,23H,2-14,18H2,1H3. The van der Waals surface area contributed by atoms with Crippen molar-refractivity contribution in [1.82, 2.24) is 0 Å². The Balaban J connectivity index is 1.35. The molecule has 2 saturated carbocycles. The molecule has 30 heavy (non-hydrogen) atoms. The molecule has 2 nitrogen and oxygen atoms in total. The van der Waals surface area contributed by atoms with Crippen molar-refractivity contribution >= 4 is 0 Å². The van der Waals surface area contributed by atoms with Crippen LogP contribution in [0.1, 0.15) is 107 Å². The highest BCUT2D eigenvalue weighted by Crippen LogP contribution is 2.37. The summed E-state index contributed by atoms with van der Waals surface area (Å²) in [6.45, 7) is 3.14. The molecule has 0 heterocycles. The molecule has 0 atom stereocenters. The van der Waals surface area contributed by atoms with E-state index in [1.54, 1.807) is 6.07 Å². The Morgan fingerprint density at radius 1 is 0.900 bits per heavy atom. The fourth-order valence-corrected chi connectivity index (χ4v) is 5.32. The number of halogens is 2. The van der Waals surface area contributed by atoms with Crippen molar-refractivity contribution in [1.29, 1.82) is 5.26 Å². The minimum atomic E-state index is -0.744. The van der Waals surface area contributed by atoms with Crippen molar-refractivity contribution in [3.63, 3.8) is 0 Å². The van der Waals surface area contributed by atoms with E-state index in [2.05, 4.69) is 6.92 Å². The first-order valence-corrected chi connectivity index (χ1v) is 12.1. The molecule has 1 aromatic carbocycles.